The molecule has 1 aliphatic heterocycles. The van der Waals surface area contributed by atoms with Crippen LogP contribution in [0, 0.1) is 0 Å². The van der Waals surface area contributed by atoms with Gasteiger partial charge >= 0.3 is 0 Å². The summed E-state index contributed by atoms with van der Waals surface area (Å²) in [6.07, 6.45) is 2.82. The predicted molar refractivity (Wildman–Crippen MR) is 49.4 cm³/mol. The van der Waals surface area contributed by atoms with Gasteiger partial charge in [-0.1, -0.05) is 6.92 Å². The minimum absolute atomic E-state index is 0. The molecule has 2 unspecified atom stereocenters. The first-order valence-corrected chi connectivity index (χ1v) is 4.19. The van der Waals surface area contributed by atoms with Crippen LogP contribution in [0.2, 0.25) is 0 Å². The third-order valence-electron chi connectivity index (χ3n) is 2.03. The molecule has 1 saturated heterocycles. The minimum atomic E-state index is 0. The average molecular weight is 180 g/mol. The van der Waals surface area contributed by atoms with E-state index in [-0.39, 0.29) is 12.4 Å². The van der Waals surface area contributed by atoms with Crippen molar-refractivity contribution in [1.82, 2.24) is 5.32 Å². The Morgan fingerprint density at radius 2 is 2.27 bits per heavy atom. The zero-order valence-corrected chi connectivity index (χ0v) is 8.12. The Bertz CT molecular complexity index is 100. The zero-order valence-electron chi connectivity index (χ0n) is 7.30. The molecule has 2 nitrogen and oxygen atoms in total. The van der Waals surface area contributed by atoms with Gasteiger partial charge in [-0.3, -0.25) is 0 Å². The molecular formula is C8H18ClNO. The minimum Gasteiger partial charge on any atom is -0.377 e. The highest BCUT2D eigenvalue weighted by Crippen LogP contribution is 2.11. The van der Waals surface area contributed by atoms with E-state index in [0.717, 1.165) is 13.2 Å². The Balaban J connectivity index is 0.000001000. The van der Waals surface area contributed by atoms with Crippen molar-refractivity contribution >= 4 is 12.4 Å². The third kappa shape index (κ3) is 3.41. The molecule has 0 amide bonds. The Labute approximate surface area is 75.1 Å². The summed E-state index contributed by atoms with van der Waals surface area (Å²) < 4.78 is 5.40. The lowest BCUT2D eigenvalue weighted by atomic mass is 10.1. The first-order valence-electron chi connectivity index (χ1n) is 4.19. The molecule has 0 spiro atoms. The largest absolute Gasteiger partial charge is 0.377 e. The molecule has 0 aromatic heterocycles. The van der Waals surface area contributed by atoms with E-state index in [9.17, 15) is 0 Å². The summed E-state index contributed by atoms with van der Waals surface area (Å²) in [5.74, 6) is 0. The quantitative estimate of drug-likeness (QED) is 0.711. The highest BCUT2D eigenvalue weighted by molar-refractivity contribution is 5.85. The second kappa shape index (κ2) is 5.81. The SMILES string of the molecule is CCCNC1CCOC1C.Cl. The fourth-order valence-electron chi connectivity index (χ4n) is 1.33. The van der Waals surface area contributed by atoms with Crippen molar-refractivity contribution in [2.45, 2.75) is 38.8 Å². The van der Waals surface area contributed by atoms with Crippen molar-refractivity contribution in [3.05, 3.63) is 0 Å². The smallest absolute Gasteiger partial charge is 0.0700 e. The van der Waals surface area contributed by atoms with E-state index in [1.54, 1.807) is 0 Å². The molecular weight excluding hydrogens is 162 g/mol. The van der Waals surface area contributed by atoms with Crippen LogP contribution >= 0.6 is 12.4 Å². The molecule has 0 aromatic rings. The molecule has 0 bridgehead atoms. The Morgan fingerprint density at radius 1 is 1.55 bits per heavy atom. The maximum Gasteiger partial charge on any atom is 0.0700 e. The Hall–Kier alpha value is 0.210. The van der Waals surface area contributed by atoms with Gasteiger partial charge in [-0.25, -0.2) is 0 Å². The Morgan fingerprint density at radius 3 is 2.73 bits per heavy atom. The second-order valence-electron chi connectivity index (χ2n) is 2.93. The van der Waals surface area contributed by atoms with Gasteiger partial charge in [0.1, 0.15) is 0 Å². The van der Waals surface area contributed by atoms with E-state index in [4.69, 9.17) is 4.74 Å². The molecule has 0 radical (unpaired) electrons. The van der Waals surface area contributed by atoms with Crippen LogP contribution in [-0.2, 0) is 4.74 Å². The van der Waals surface area contributed by atoms with E-state index in [1.807, 2.05) is 0 Å². The van der Waals surface area contributed by atoms with E-state index < -0.39 is 0 Å². The van der Waals surface area contributed by atoms with Crippen molar-refractivity contribution in [3.63, 3.8) is 0 Å². The van der Waals surface area contributed by atoms with Gasteiger partial charge in [-0.15, -0.1) is 12.4 Å². The summed E-state index contributed by atoms with van der Waals surface area (Å²) in [6, 6.07) is 0.611. The maximum absolute atomic E-state index is 5.40. The third-order valence-corrected chi connectivity index (χ3v) is 2.03. The fourth-order valence-corrected chi connectivity index (χ4v) is 1.33. The summed E-state index contributed by atoms with van der Waals surface area (Å²) in [4.78, 5) is 0. The van der Waals surface area contributed by atoms with Gasteiger partial charge < -0.3 is 10.1 Å². The standard InChI is InChI=1S/C8H17NO.ClH/c1-3-5-9-8-4-6-10-7(8)2;/h7-9H,3-6H2,1-2H3;1H. The van der Waals surface area contributed by atoms with Crippen LogP contribution in [0.1, 0.15) is 26.7 Å². The number of hydrogen-bond donors (Lipinski definition) is 1. The molecule has 1 N–H and O–H groups in total. The molecule has 0 aliphatic carbocycles. The lowest BCUT2D eigenvalue weighted by molar-refractivity contribution is 0.113. The molecule has 2 atom stereocenters. The number of rotatable bonds is 3. The first-order chi connectivity index (χ1) is 4.84. The summed E-state index contributed by atoms with van der Waals surface area (Å²) in [7, 11) is 0. The van der Waals surface area contributed by atoms with Crippen LogP contribution in [0.3, 0.4) is 0 Å². The summed E-state index contributed by atoms with van der Waals surface area (Å²) >= 11 is 0. The van der Waals surface area contributed by atoms with Gasteiger partial charge in [0.2, 0.25) is 0 Å². The van der Waals surface area contributed by atoms with Crippen LogP contribution in [0.15, 0.2) is 0 Å². The van der Waals surface area contributed by atoms with Crippen LogP contribution in [0.5, 0.6) is 0 Å². The number of nitrogens with one attached hydrogen (secondary N) is 1. The molecule has 0 aromatic carbocycles. The van der Waals surface area contributed by atoms with Gasteiger partial charge in [0, 0.05) is 12.6 Å². The van der Waals surface area contributed by atoms with E-state index in [2.05, 4.69) is 19.2 Å². The molecule has 1 fully saturated rings. The van der Waals surface area contributed by atoms with Crippen molar-refractivity contribution < 1.29 is 4.74 Å². The molecule has 0 saturated carbocycles. The summed E-state index contributed by atoms with van der Waals surface area (Å²) in [5, 5.41) is 3.46. The summed E-state index contributed by atoms with van der Waals surface area (Å²) in [6.45, 7) is 6.38. The van der Waals surface area contributed by atoms with Crippen molar-refractivity contribution in [1.29, 1.82) is 0 Å². The van der Waals surface area contributed by atoms with Crippen molar-refractivity contribution in [2.24, 2.45) is 0 Å². The molecule has 1 aliphatic rings. The van der Waals surface area contributed by atoms with Gasteiger partial charge in [-0.05, 0) is 26.3 Å². The second-order valence-corrected chi connectivity index (χ2v) is 2.93. The fraction of sp³-hybridized carbons (Fsp3) is 1.00. The topological polar surface area (TPSA) is 21.3 Å². The molecule has 1 heterocycles. The van der Waals surface area contributed by atoms with Crippen LogP contribution in [-0.4, -0.2) is 25.3 Å². The van der Waals surface area contributed by atoms with E-state index >= 15 is 0 Å². The summed E-state index contributed by atoms with van der Waals surface area (Å²) in [5.41, 5.74) is 0. The zero-order chi connectivity index (χ0) is 7.40. The molecule has 11 heavy (non-hydrogen) atoms. The normalized spacial score (nSPS) is 30.0. The Kier molecular flexibility index (Phi) is 5.92. The van der Waals surface area contributed by atoms with E-state index in [0.29, 0.717) is 12.1 Å². The molecule has 3 heteroatoms. The van der Waals surface area contributed by atoms with Gasteiger partial charge in [0.15, 0.2) is 0 Å². The van der Waals surface area contributed by atoms with Gasteiger partial charge in [0.25, 0.3) is 0 Å². The van der Waals surface area contributed by atoms with Crippen LogP contribution in [0.4, 0.5) is 0 Å². The first kappa shape index (κ1) is 11.2. The lowest BCUT2D eigenvalue weighted by Gasteiger charge is -2.14. The maximum atomic E-state index is 5.40. The van der Waals surface area contributed by atoms with Crippen molar-refractivity contribution in [2.75, 3.05) is 13.2 Å². The number of halogens is 1. The van der Waals surface area contributed by atoms with Crippen LogP contribution in [0.25, 0.3) is 0 Å². The molecule has 1 rings (SSSR count). The van der Waals surface area contributed by atoms with Crippen LogP contribution < -0.4 is 5.32 Å². The average Bonchev–Trinajstić information content (AvgIpc) is 2.31. The number of hydrogen-bond acceptors (Lipinski definition) is 2. The van der Waals surface area contributed by atoms with Gasteiger partial charge in [-0.2, -0.15) is 0 Å². The van der Waals surface area contributed by atoms with E-state index in [1.165, 1.54) is 12.8 Å². The van der Waals surface area contributed by atoms with Gasteiger partial charge in [0.05, 0.1) is 6.10 Å². The number of ether oxygens (including phenoxy) is 1. The lowest BCUT2D eigenvalue weighted by Crippen LogP contribution is -2.34. The highest BCUT2D eigenvalue weighted by Gasteiger charge is 2.22. The predicted octanol–water partition coefficient (Wildman–Crippen LogP) is 1.59. The van der Waals surface area contributed by atoms with Crippen molar-refractivity contribution in [3.8, 4) is 0 Å². The molecule has 68 valence electrons. The monoisotopic (exact) mass is 179 g/mol. The highest BCUT2D eigenvalue weighted by atomic mass is 35.5.